The van der Waals surface area contributed by atoms with E-state index in [1.165, 1.54) is 36.7 Å². The molecular weight excluding hydrogens is 250 g/mol. The summed E-state index contributed by atoms with van der Waals surface area (Å²) in [5.41, 5.74) is 0.373. The zero-order chi connectivity index (χ0) is 14.2. The van der Waals surface area contributed by atoms with Gasteiger partial charge in [-0.2, -0.15) is 0 Å². The van der Waals surface area contributed by atoms with Crippen LogP contribution in [0.4, 0.5) is 0 Å². The molecule has 19 heavy (non-hydrogen) atoms. The van der Waals surface area contributed by atoms with Gasteiger partial charge in [0.1, 0.15) is 0 Å². The summed E-state index contributed by atoms with van der Waals surface area (Å²) in [7, 11) is 0. The molecule has 1 aromatic heterocycles. The molecule has 1 aromatic carbocycles. The van der Waals surface area contributed by atoms with Gasteiger partial charge in [-0.05, 0) is 12.1 Å². The molecule has 0 fully saturated rings. The van der Waals surface area contributed by atoms with E-state index in [0.29, 0.717) is 5.52 Å². The highest BCUT2D eigenvalue weighted by Crippen LogP contribution is 2.31. The predicted octanol–water partition coefficient (Wildman–Crippen LogP) is 1.92. The van der Waals surface area contributed by atoms with Crippen LogP contribution in [0.2, 0.25) is 0 Å². The van der Waals surface area contributed by atoms with Crippen LogP contribution in [0.25, 0.3) is 10.9 Å². The number of aromatic nitrogens is 1. The van der Waals surface area contributed by atoms with E-state index in [2.05, 4.69) is 0 Å². The number of hydrogen-bond donors (Lipinski definition) is 1. The van der Waals surface area contributed by atoms with Crippen molar-refractivity contribution in [1.82, 2.24) is 4.57 Å². The summed E-state index contributed by atoms with van der Waals surface area (Å²) in [4.78, 5) is 33.8. The lowest BCUT2D eigenvalue weighted by Gasteiger charge is -2.02. The molecule has 6 nitrogen and oxygen atoms in total. The molecule has 0 saturated heterocycles. The molecule has 2 rings (SSSR count). The van der Waals surface area contributed by atoms with Crippen molar-refractivity contribution < 1.29 is 24.2 Å². The maximum Gasteiger partial charge on any atom is 0.336 e. The van der Waals surface area contributed by atoms with E-state index < -0.39 is 11.9 Å². The van der Waals surface area contributed by atoms with Crippen LogP contribution in [0.3, 0.4) is 0 Å². The van der Waals surface area contributed by atoms with Gasteiger partial charge in [0.05, 0.1) is 22.7 Å². The Hall–Kier alpha value is -2.63. The summed E-state index contributed by atoms with van der Waals surface area (Å²) >= 11 is 0. The predicted molar refractivity (Wildman–Crippen MR) is 66.5 cm³/mol. The van der Waals surface area contributed by atoms with Gasteiger partial charge in [-0.15, -0.1) is 0 Å². The monoisotopic (exact) mass is 261 g/mol. The first-order valence-electron chi connectivity index (χ1n) is 5.48. The van der Waals surface area contributed by atoms with Gasteiger partial charge in [0.15, 0.2) is 5.75 Å². The largest absolute Gasteiger partial charge is 0.478 e. The topological polar surface area (TPSA) is 85.6 Å². The fourth-order valence-corrected chi connectivity index (χ4v) is 1.92. The van der Waals surface area contributed by atoms with Crippen LogP contribution in [0.15, 0.2) is 24.4 Å². The third-order valence-electron chi connectivity index (χ3n) is 2.62. The van der Waals surface area contributed by atoms with E-state index >= 15 is 0 Å². The van der Waals surface area contributed by atoms with Gasteiger partial charge < -0.3 is 9.84 Å². The normalized spacial score (nSPS) is 10.4. The number of carbonyl (C=O) groups excluding carboxylic acids is 2. The van der Waals surface area contributed by atoms with E-state index in [1.54, 1.807) is 6.07 Å². The SMILES string of the molecule is CC(=O)Oc1cn(C(C)=O)c2cccc(C(=O)O)c12. The Kier molecular flexibility index (Phi) is 3.08. The van der Waals surface area contributed by atoms with Gasteiger partial charge in [0.25, 0.3) is 0 Å². The maximum absolute atomic E-state index is 11.5. The lowest BCUT2D eigenvalue weighted by Crippen LogP contribution is -2.03. The zero-order valence-electron chi connectivity index (χ0n) is 10.3. The van der Waals surface area contributed by atoms with E-state index in [4.69, 9.17) is 9.84 Å². The van der Waals surface area contributed by atoms with Gasteiger partial charge in [-0.3, -0.25) is 14.2 Å². The molecule has 0 aliphatic heterocycles. The van der Waals surface area contributed by atoms with E-state index in [-0.39, 0.29) is 22.6 Å². The van der Waals surface area contributed by atoms with E-state index in [0.717, 1.165) is 0 Å². The van der Waals surface area contributed by atoms with Gasteiger partial charge in [0.2, 0.25) is 5.91 Å². The number of rotatable bonds is 2. The standard InChI is InChI=1S/C13H11NO5/c1-7(15)14-6-11(19-8(2)16)12-9(13(17)18)4-3-5-10(12)14/h3-6H,1-2H3,(H,17,18). The minimum absolute atomic E-state index is 0.0197. The van der Waals surface area contributed by atoms with Crippen LogP contribution in [0, 0.1) is 0 Å². The number of carboxylic acid groups (broad SMARTS) is 1. The molecule has 0 aliphatic carbocycles. The molecule has 98 valence electrons. The Bertz CT molecular complexity index is 698. The minimum Gasteiger partial charge on any atom is -0.478 e. The molecule has 2 aromatic rings. The van der Waals surface area contributed by atoms with Crippen molar-refractivity contribution in [3.63, 3.8) is 0 Å². The summed E-state index contributed by atoms with van der Waals surface area (Å²) in [5, 5.41) is 9.39. The van der Waals surface area contributed by atoms with Crippen LogP contribution in [0.1, 0.15) is 29.0 Å². The van der Waals surface area contributed by atoms with Crippen LogP contribution in [-0.2, 0) is 4.79 Å². The van der Waals surface area contributed by atoms with Crippen LogP contribution >= 0.6 is 0 Å². The molecule has 0 unspecified atom stereocenters. The molecule has 0 saturated carbocycles. The first-order chi connectivity index (χ1) is 8.91. The second-order valence-electron chi connectivity index (χ2n) is 3.98. The highest BCUT2D eigenvalue weighted by Gasteiger charge is 2.19. The van der Waals surface area contributed by atoms with Crippen LogP contribution < -0.4 is 4.74 Å². The second-order valence-corrected chi connectivity index (χ2v) is 3.98. The molecule has 6 heteroatoms. The minimum atomic E-state index is -1.15. The molecule has 0 atom stereocenters. The molecule has 0 radical (unpaired) electrons. The number of fused-ring (bicyclic) bond motifs is 1. The fraction of sp³-hybridized carbons (Fsp3) is 0.154. The average Bonchev–Trinajstić information content (AvgIpc) is 2.67. The molecule has 0 aliphatic rings. The van der Waals surface area contributed by atoms with Crippen molar-refractivity contribution in [2.24, 2.45) is 0 Å². The third-order valence-corrected chi connectivity index (χ3v) is 2.62. The number of aromatic carboxylic acids is 1. The average molecular weight is 261 g/mol. The lowest BCUT2D eigenvalue weighted by molar-refractivity contribution is -0.131. The van der Waals surface area contributed by atoms with Crippen molar-refractivity contribution in [1.29, 1.82) is 0 Å². The number of esters is 1. The number of carboxylic acids is 1. The Labute approximate surface area is 108 Å². The molecule has 0 bridgehead atoms. The number of ether oxygens (including phenoxy) is 1. The van der Waals surface area contributed by atoms with Gasteiger partial charge >= 0.3 is 11.9 Å². The van der Waals surface area contributed by atoms with Crippen molar-refractivity contribution in [3.05, 3.63) is 30.0 Å². The Balaban J connectivity index is 2.83. The summed E-state index contributed by atoms with van der Waals surface area (Å²) in [6.07, 6.45) is 1.32. The number of nitrogens with zero attached hydrogens (tertiary/aromatic N) is 1. The first-order valence-corrected chi connectivity index (χ1v) is 5.48. The summed E-state index contributed by atoms with van der Waals surface area (Å²) in [6.45, 7) is 2.55. The van der Waals surface area contributed by atoms with Crippen LogP contribution in [-0.4, -0.2) is 27.5 Å². The first kappa shape index (κ1) is 12.8. The summed E-state index contributed by atoms with van der Waals surface area (Å²) in [5.74, 6) is -1.97. The van der Waals surface area contributed by atoms with Gasteiger partial charge in [0, 0.05) is 13.8 Å². The van der Waals surface area contributed by atoms with Gasteiger partial charge in [-0.1, -0.05) is 6.07 Å². The molecule has 0 amide bonds. The third kappa shape index (κ3) is 2.20. The Morgan fingerprint density at radius 1 is 1.21 bits per heavy atom. The van der Waals surface area contributed by atoms with Gasteiger partial charge in [-0.25, -0.2) is 4.79 Å². The van der Waals surface area contributed by atoms with E-state index in [1.807, 2.05) is 0 Å². The van der Waals surface area contributed by atoms with Crippen molar-refractivity contribution in [2.75, 3.05) is 0 Å². The molecule has 1 heterocycles. The summed E-state index contributed by atoms with van der Waals surface area (Å²) < 4.78 is 6.22. The van der Waals surface area contributed by atoms with Crippen molar-refractivity contribution >= 4 is 28.7 Å². The Morgan fingerprint density at radius 2 is 1.89 bits per heavy atom. The van der Waals surface area contributed by atoms with E-state index in [9.17, 15) is 14.4 Å². The van der Waals surface area contributed by atoms with Crippen molar-refractivity contribution in [2.45, 2.75) is 13.8 Å². The smallest absolute Gasteiger partial charge is 0.336 e. The highest BCUT2D eigenvalue weighted by atomic mass is 16.5. The highest BCUT2D eigenvalue weighted by molar-refractivity contribution is 6.08. The number of hydrogen-bond acceptors (Lipinski definition) is 4. The number of carbonyl (C=O) groups is 3. The lowest BCUT2D eigenvalue weighted by atomic mass is 10.1. The molecule has 1 N–H and O–H groups in total. The number of benzene rings is 1. The Morgan fingerprint density at radius 3 is 2.42 bits per heavy atom. The second kappa shape index (κ2) is 4.56. The quantitative estimate of drug-likeness (QED) is 0.835. The van der Waals surface area contributed by atoms with Crippen LogP contribution in [0.5, 0.6) is 5.75 Å². The summed E-state index contributed by atoms with van der Waals surface area (Å²) in [6, 6.07) is 4.51. The molecular formula is C13H11NO5. The molecule has 0 spiro atoms. The zero-order valence-corrected chi connectivity index (χ0v) is 10.3. The maximum atomic E-state index is 11.5. The fourth-order valence-electron chi connectivity index (χ4n) is 1.92. The van der Waals surface area contributed by atoms with Crippen molar-refractivity contribution in [3.8, 4) is 5.75 Å².